The SMILES string of the molecule is CCc1cc(NC(=O)[C@H](N)CC(C)C)n[nH]1. The highest BCUT2D eigenvalue weighted by Crippen LogP contribution is 2.08. The first-order chi connectivity index (χ1) is 7.52. The van der Waals surface area contributed by atoms with E-state index in [9.17, 15) is 4.79 Å². The predicted molar refractivity (Wildman–Crippen MR) is 64.0 cm³/mol. The van der Waals surface area contributed by atoms with Gasteiger partial charge in [-0.25, -0.2) is 0 Å². The van der Waals surface area contributed by atoms with Crippen LogP contribution < -0.4 is 11.1 Å². The minimum Gasteiger partial charge on any atom is -0.320 e. The summed E-state index contributed by atoms with van der Waals surface area (Å²) in [5.74, 6) is 0.773. The summed E-state index contributed by atoms with van der Waals surface area (Å²) in [6.45, 7) is 6.09. The van der Waals surface area contributed by atoms with Crippen LogP contribution in [0.15, 0.2) is 6.07 Å². The maximum absolute atomic E-state index is 11.7. The lowest BCUT2D eigenvalue weighted by molar-refractivity contribution is -0.117. The zero-order valence-electron chi connectivity index (χ0n) is 10.1. The average molecular weight is 224 g/mol. The summed E-state index contributed by atoms with van der Waals surface area (Å²) in [5, 5.41) is 9.51. The van der Waals surface area contributed by atoms with E-state index in [1.165, 1.54) is 0 Å². The van der Waals surface area contributed by atoms with Crippen molar-refractivity contribution in [1.29, 1.82) is 0 Å². The minimum absolute atomic E-state index is 0.178. The number of anilines is 1. The van der Waals surface area contributed by atoms with E-state index in [-0.39, 0.29) is 5.91 Å². The number of rotatable bonds is 5. The van der Waals surface area contributed by atoms with Gasteiger partial charge in [-0.3, -0.25) is 9.89 Å². The van der Waals surface area contributed by atoms with Gasteiger partial charge in [0.25, 0.3) is 0 Å². The van der Waals surface area contributed by atoms with Crippen LogP contribution in [0.25, 0.3) is 0 Å². The van der Waals surface area contributed by atoms with Crippen LogP contribution in [0.1, 0.15) is 32.9 Å². The molecule has 1 aromatic rings. The lowest BCUT2D eigenvalue weighted by Crippen LogP contribution is -2.36. The van der Waals surface area contributed by atoms with E-state index in [2.05, 4.69) is 15.5 Å². The molecule has 5 nitrogen and oxygen atoms in total. The normalized spacial score (nSPS) is 12.8. The van der Waals surface area contributed by atoms with Crippen molar-refractivity contribution in [2.45, 2.75) is 39.7 Å². The third kappa shape index (κ3) is 3.66. The number of nitrogens with one attached hydrogen (secondary N) is 2. The number of carbonyl (C=O) groups is 1. The van der Waals surface area contributed by atoms with Crippen LogP contribution in [0.3, 0.4) is 0 Å². The summed E-state index contributed by atoms with van der Waals surface area (Å²) < 4.78 is 0. The summed E-state index contributed by atoms with van der Waals surface area (Å²) in [6.07, 6.45) is 1.54. The Kier molecular flexibility index (Phi) is 4.49. The standard InChI is InChI=1S/C11H20N4O/c1-4-8-6-10(15-14-8)13-11(16)9(12)5-7(2)3/h6-7,9H,4-5,12H2,1-3H3,(H2,13,14,15,16)/t9-/m1/s1. The smallest absolute Gasteiger partial charge is 0.242 e. The second kappa shape index (κ2) is 5.65. The number of H-pyrrole nitrogens is 1. The van der Waals surface area contributed by atoms with Gasteiger partial charge in [0, 0.05) is 11.8 Å². The molecule has 1 amide bonds. The van der Waals surface area contributed by atoms with E-state index < -0.39 is 6.04 Å². The van der Waals surface area contributed by atoms with Crippen molar-refractivity contribution in [1.82, 2.24) is 10.2 Å². The Morgan fingerprint density at radius 1 is 1.62 bits per heavy atom. The molecule has 0 aliphatic rings. The van der Waals surface area contributed by atoms with Crippen LogP contribution in [0.5, 0.6) is 0 Å². The molecule has 0 aliphatic carbocycles. The minimum atomic E-state index is -0.471. The molecule has 1 heterocycles. The van der Waals surface area contributed by atoms with Gasteiger partial charge in [0.1, 0.15) is 0 Å². The maximum Gasteiger partial charge on any atom is 0.242 e. The summed E-state index contributed by atoms with van der Waals surface area (Å²) in [7, 11) is 0. The quantitative estimate of drug-likeness (QED) is 0.704. The molecule has 0 saturated heterocycles. The zero-order chi connectivity index (χ0) is 12.1. The third-order valence-corrected chi connectivity index (χ3v) is 2.33. The number of aryl methyl sites for hydroxylation is 1. The lowest BCUT2D eigenvalue weighted by atomic mass is 10.0. The molecule has 16 heavy (non-hydrogen) atoms. The number of aromatic amines is 1. The number of nitrogens with zero attached hydrogens (tertiary/aromatic N) is 1. The first kappa shape index (κ1) is 12.7. The zero-order valence-corrected chi connectivity index (χ0v) is 10.1. The van der Waals surface area contributed by atoms with Crippen LogP contribution in [-0.4, -0.2) is 22.1 Å². The second-order valence-corrected chi connectivity index (χ2v) is 4.36. The molecule has 5 heteroatoms. The van der Waals surface area contributed by atoms with Crippen molar-refractivity contribution in [2.75, 3.05) is 5.32 Å². The van der Waals surface area contributed by atoms with Crippen molar-refractivity contribution in [3.8, 4) is 0 Å². The Hall–Kier alpha value is -1.36. The van der Waals surface area contributed by atoms with Crippen molar-refractivity contribution in [2.24, 2.45) is 11.7 Å². The number of hydrogen-bond donors (Lipinski definition) is 3. The van der Waals surface area contributed by atoms with Crippen molar-refractivity contribution >= 4 is 11.7 Å². The number of carbonyl (C=O) groups excluding carboxylic acids is 1. The van der Waals surface area contributed by atoms with Crippen molar-refractivity contribution in [3.63, 3.8) is 0 Å². The topological polar surface area (TPSA) is 83.8 Å². The fourth-order valence-corrected chi connectivity index (χ4v) is 1.44. The molecule has 1 atom stereocenters. The Morgan fingerprint density at radius 2 is 2.31 bits per heavy atom. The van der Waals surface area contributed by atoms with E-state index in [4.69, 9.17) is 5.73 Å². The average Bonchev–Trinajstić information content (AvgIpc) is 2.64. The molecule has 0 aliphatic heterocycles. The molecule has 1 rings (SSSR count). The molecule has 0 fully saturated rings. The highest BCUT2D eigenvalue weighted by molar-refractivity contribution is 5.93. The second-order valence-electron chi connectivity index (χ2n) is 4.36. The first-order valence-corrected chi connectivity index (χ1v) is 5.63. The summed E-state index contributed by atoms with van der Waals surface area (Å²) in [5.41, 5.74) is 6.75. The molecular formula is C11H20N4O. The van der Waals surface area contributed by atoms with Gasteiger partial charge in [0.05, 0.1) is 6.04 Å². The largest absolute Gasteiger partial charge is 0.320 e. The fraction of sp³-hybridized carbons (Fsp3) is 0.636. The van der Waals surface area contributed by atoms with Gasteiger partial charge in [-0.1, -0.05) is 20.8 Å². The van der Waals surface area contributed by atoms with Gasteiger partial charge in [-0.2, -0.15) is 5.10 Å². The molecule has 0 spiro atoms. The van der Waals surface area contributed by atoms with Crippen LogP contribution in [0, 0.1) is 5.92 Å². The Bertz CT molecular complexity index is 346. The highest BCUT2D eigenvalue weighted by Gasteiger charge is 2.15. The van der Waals surface area contributed by atoms with Crippen molar-refractivity contribution in [3.05, 3.63) is 11.8 Å². The molecule has 90 valence electrons. The van der Waals surface area contributed by atoms with Gasteiger partial charge < -0.3 is 11.1 Å². The van der Waals surface area contributed by atoms with Crippen LogP contribution in [-0.2, 0) is 11.2 Å². The van der Waals surface area contributed by atoms with E-state index in [0.717, 1.165) is 12.1 Å². The van der Waals surface area contributed by atoms with Crippen LogP contribution >= 0.6 is 0 Å². The van der Waals surface area contributed by atoms with Gasteiger partial charge in [-0.05, 0) is 18.8 Å². The van der Waals surface area contributed by atoms with E-state index in [0.29, 0.717) is 18.2 Å². The molecule has 0 unspecified atom stereocenters. The highest BCUT2D eigenvalue weighted by atomic mass is 16.2. The van der Waals surface area contributed by atoms with E-state index >= 15 is 0 Å². The van der Waals surface area contributed by atoms with Crippen molar-refractivity contribution < 1.29 is 4.79 Å². The molecular weight excluding hydrogens is 204 g/mol. The van der Waals surface area contributed by atoms with Gasteiger partial charge in [0.15, 0.2) is 5.82 Å². The molecule has 1 aromatic heterocycles. The predicted octanol–water partition coefficient (Wildman–Crippen LogP) is 1.28. The monoisotopic (exact) mass is 224 g/mol. The maximum atomic E-state index is 11.7. The Balaban J connectivity index is 2.50. The third-order valence-electron chi connectivity index (χ3n) is 2.33. The summed E-state index contributed by atoms with van der Waals surface area (Å²) >= 11 is 0. The van der Waals surface area contributed by atoms with Gasteiger partial charge >= 0.3 is 0 Å². The van der Waals surface area contributed by atoms with Gasteiger partial charge in [0.2, 0.25) is 5.91 Å². The number of amides is 1. The number of hydrogen-bond acceptors (Lipinski definition) is 3. The summed E-state index contributed by atoms with van der Waals surface area (Å²) in [4.78, 5) is 11.7. The number of aromatic nitrogens is 2. The van der Waals surface area contributed by atoms with E-state index in [1.807, 2.05) is 26.8 Å². The molecule has 0 saturated carbocycles. The van der Waals surface area contributed by atoms with Crippen LogP contribution in [0.4, 0.5) is 5.82 Å². The lowest BCUT2D eigenvalue weighted by Gasteiger charge is -2.12. The molecule has 0 radical (unpaired) electrons. The fourth-order valence-electron chi connectivity index (χ4n) is 1.44. The molecule has 4 N–H and O–H groups in total. The number of nitrogens with two attached hydrogens (primary N) is 1. The summed E-state index contributed by atoms with van der Waals surface area (Å²) in [6, 6.07) is 1.35. The first-order valence-electron chi connectivity index (χ1n) is 5.63. The van der Waals surface area contributed by atoms with Gasteiger partial charge in [-0.15, -0.1) is 0 Å². The molecule has 0 aromatic carbocycles. The molecule has 0 bridgehead atoms. The Morgan fingerprint density at radius 3 is 2.81 bits per heavy atom. The van der Waals surface area contributed by atoms with Crippen LogP contribution in [0.2, 0.25) is 0 Å². The Labute approximate surface area is 95.8 Å². The van der Waals surface area contributed by atoms with E-state index in [1.54, 1.807) is 0 Å².